The number of amides is 1. The van der Waals surface area contributed by atoms with Gasteiger partial charge in [0, 0.05) is 48.7 Å². The molecule has 2 aliphatic rings. The molecule has 2 fully saturated rings. The number of rotatable bonds is 13. The van der Waals surface area contributed by atoms with Crippen molar-refractivity contribution < 1.29 is 34.1 Å². The van der Waals surface area contributed by atoms with Gasteiger partial charge in [-0.2, -0.15) is 0 Å². The number of thiophene rings is 2. The molecule has 0 atom stereocenters. The lowest BCUT2D eigenvalue weighted by Gasteiger charge is -2.37. The van der Waals surface area contributed by atoms with Crippen LogP contribution in [-0.2, 0) is 36.7 Å². The molecule has 11 heteroatoms. The fourth-order valence-electron chi connectivity index (χ4n) is 5.55. The predicted octanol–water partition coefficient (Wildman–Crippen LogP) is 6.29. The lowest BCUT2D eigenvalue weighted by atomic mass is 10.0. The first kappa shape index (κ1) is 36.5. The van der Waals surface area contributed by atoms with Crippen molar-refractivity contribution in [3.63, 3.8) is 0 Å². The smallest absolute Gasteiger partial charge is 0.414 e. The zero-order valence-corrected chi connectivity index (χ0v) is 28.9. The van der Waals surface area contributed by atoms with Crippen molar-refractivity contribution in [2.24, 2.45) is 11.8 Å². The van der Waals surface area contributed by atoms with Gasteiger partial charge in [-0.1, -0.05) is 38.1 Å². The number of likely N-dealkylation sites (tertiary alicyclic amines) is 2. The Labute approximate surface area is 284 Å². The van der Waals surface area contributed by atoms with Gasteiger partial charge >= 0.3 is 11.9 Å². The number of benzene rings is 2. The van der Waals surface area contributed by atoms with E-state index in [0.29, 0.717) is 25.6 Å². The molecule has 0 radical (unpaired) electrons. The van der Waals surface area contributed by atoms with Crippen molar-refractivity contribution >= 4 is 60.7 Å². The molecule has 2 saturated heterocycles. The average molecular weight is 683 g/mol. The summed E-state index contributed by atoms with van der Waals surface area (Å²) in [4.78, 5) is 34.4. The number of hydrogen-bond acceptors (Lipinski definition) is 8. The van der Waals surface area contributed by atoms with E-state index in [1.165, 1.54) is 50.9 Å². The van der Waals surface area contributed by atoms with Gasteiger partial charge < -0.3 is 29.5 Å². The van der Waals surface area contributed by atoms with Gasteiger partial charge in [0.1, 0.15) is 0 Å². The van der Waals surface area contributed by atoms with Crippen molar-refractivity contribution in [1.29, 1.82) is 0 Å². The van der Waals surface area contributed by atoms with E-state index >= 15 is 0 Å². The summed E-state index contributed by atoms with van der Waals surface area (Å²) in [5, 5.41) is 21.7. The van der Waals surface area contributed by atoms with Gasteiger partial charge in [0.05, 0.1) is 26.2 Å². The van der Waals surface area contributed by atoms with Crippen LogP contribution in [0.5, 0.6) is 0 Å². The number of carboxylic acids is 2. The van der Waals surface area contributed by atoms with Crippen LogP contribution in [0.15, 0.2) is 59.3 Å². The number of hydrogen-bond donors (Lipinski definition) is 2. The summed E-state index contributed by atoms with van der Waals surface area (Å²) >= 11 is 3.57. The van der Waals surface area contributed by atoms with Crippen molar-refractivity contribution in [2.45, 2.75) is 39.5 Å². The Morgan fingerprint density at radius 1 is 0.723 bits per heavy atom. The molecule has 2 aromatic carbocycles. The zero-order valence-electron chi connectivity index (χ0n) is 27.3. The van der Waals surface area contributed by atoms with Crippen LogP contribution in [-0.4, -0.2) is 97.0 Å². The number of ether oxygens (including phenoxy) is 2. The molecule has 6 rings (SSSR count). The summed E-state index contributed by atoms with van der Waals surface area (Å²) in [6.07, 6.45) is 3.60. The Kier molecular flexibility index (Phi) is 14.6. The number of fused-ring (bicyclic) bond motifs is 2. The van der Waals surface area contributed by atoms with Gasteiger partial charge in [-0.25, -0.2) is 9.59 Å². The molecule has 2 N–H and O–H groups in total. The van der Waals surface area contributed by atoms with E-state index in [-0.39, 0.29) is 5.91 Å². The Bertz CT molecular complexity index is 1560. The number of aliphatic carboxylic acids is 2. The van der Waals surface area contributed by atoms with Crippen molar-refractivity contribution in [3.8, 4) is 0 Å². The SMILES string of the molecule is CC1CN(C(=O)CCOCCc2ccc3sccc3c2)C1.CC1CN(CCCOCCc2ccc3sccc3c2)C1.O=C(O)C(=O)O. The minimum atomic E-state index is -1.82. The number of carbonyl (C=O) groups excluding carboxylic acids is 1. The largest absolute Gasteiger partial charge is 0.473 e. The van der Waals surface area contributed by atoms with E-state index in [2.05, 4.69) is 78.0 Å². The third kappa shape index (κ3) is 12.3. The van der Waals surface area contributed by atoms with Gasteiger partial charge in [-0.05, 0) is 88.0 Å². The van der Waals surface area contributed by atoms with Crippen LogP contribution in [0.25, 0.3) is 20.2 Å². The van der Waals surface area contributed by atoms with Crippen molar-refractivity contribution in [1.82, 2.24) is 9.80 Å². The molecule has 4 heterocycles. The molecule has 0 saturated carbocycles. The highest BCUT2D eigenvalue weighted by molar-refractivity contribution is 7.17. The zero-order chi connectivity index (χ0) is 33.6. The monoisotopic (exact) mass is 682 g/mol. The topological polar surface area (TPSA) is 117 Å². The molecule has 2 aromatic heterocycles. The highest BCUT2D eigenvalue weighted by atomic mass is 32.1. The highest BCUT2D eigenvalue weighted by Gasteiger charge is 2.26. The van der Waals surface area contributed by atoms with E-state index in [4.69, 9.17) is 29.3 Å². The molecule has 47 heavy (non-hydrogen) atoms. The van der Waals surface area contributed by atoms with Crippen LogP contribution >= 0.6 is 22.7 Å². The second-order valence-corrected chi connectivity index (χ2v) is 14.2. The quantitative estimate of drug-likeness (QED) is 0.125. The first-order valence-electron chi connectivity index (χ1n) is 16.2. The van der Waals surface area contributed by atoms with Crippen LogP contribution < -0.4 is 0 Å². The minimum Gasteiger partial charge on any atom is -0.473 e. The highest BCUT2D eigenvalue weighted by Crippen LogP contribution is 2.23. The van der Waals surface area contributed by atoms with Gasteiger partial charge in [-0.15, -0.1) is 22.7 Å². The lowest BCUT2D eigenvalue weighted by molar-refractivity contribution is -0.159. The lowest BCUT2D eigenvalue weighted by Crippen LogP contribution is -2.48. The van der Waals surface area contributed by atoms with E-state index in [9.17, 15) is 4.79 Å². The Hall–Kier alpha value is -3.35. The van der Waals surface area contributed by atoms with Crippen LogP contribution in [0.1, 0.15) is 37.8 Å². The maximum atomic E-state index is 11.8. The average Bonchev–Trinajstić information content (AvgIpc) is 3.69. The fourth-order valence-corrected chi connectivity index (χ4v) is 7.09. The van der Waals surface area contributed by atoms with Crippen LogP contribution in [0.4, 0.5) is 0 Å². The molecule has 4 aromatic rings. The first-order valence-corrected chi connectivity index (χ1v) is 18.0. The van der Waals surface area contributed by atoms with Gasteiger partial charge in [0.15, 0.2) is 0 Å². The molecular weight excluding hydrogens is 637 g/mol. The summed E-state index contributed by atoms with van der Waals surface area (Å²) in [5.41, 5.74) is 2.68. The number of carbonyl (C=O) groups is 3. The van der Waals surface area contributed by atoms with Crippen LogP contribution in [0.3, 0.4) is 0 Å². The van der Waals surface area contributed by atoms with Crippen molar-refractivity contribution in [3.05, 3.63) is 70.4 Å². The molecule has 2 aliphatic heterocycles. The summed E-state index contributed by atoms with van der Waals surface area (Å²) in [7, 11) is 0. The molecular formula is C36H46N2O7S2. The fraction of sp³-hybridized carbons (Fsp3) is 0.472. The molecule has 0 aliphatic carbocycles. The maximum absolute atomic E-state index is 11.8. The second kappa shape index (κ2) is 18.8. The third-order valence-corrected chi connectivity index (χ3v) is 9.86. The Morgan fingerprint density at radius 3 is 1.72 bits per heavy atom. The van der Waals surface area contributed by atoms with Crippen molar-refractivity contribution in [2.75, 3.05) is 59.2 Å². The summed E-state index contributed by atoms with van der Waals surface area (Å²) in [5.74, 6) is -1.84. The molecule has 1 amide bonds. The van der Waals surface area contributed by atoms with Gasteiger partial charge in [0.2, 0.25) is 5.91 Å². The van der Waals surface area contributed by atoms with E-state index < -0.39 is 11.9 Å². The molecule has 0 unspecified atom stereocenters. The van der Waals surface area contributed by atoms with Crippen LogP contribution in [0.2, 0.25) is 0 Å². The van der Waals surface area contributed by atoms with Gasteiger partial charge in [-0.3, -0.25) is 4.79 Å². The number of carboxylic acid groups (broad SMARTS) is 2. The summed E-state index contributed by atoms with van der Waals surface area (Å²) < 4.78 is 14.1. The molecule has 9 nitrogen and oxygen atoms in total. The third-order valence-electron chi connectivity index (χ3n) is 8.07. The van der Waals surface area contributed by atoms with E-state index in [0.717, 1.165) is 51.5 Å². The standard InChI is InChI=1S/C17H21NO2S.C17H23NOS.C2H2O4/c1-13-11-18(12-13)17(19)5-8-20-7-4-14-2-3-16-15(10-14)6-9-21-16;1-14-12-18(13-14)7-2-8-19-9-5-15-3-4-17-16(11-15)6-10-20-17;3-1(4)2(5)6/h2-3,6,9-10,13H,4-5,7-8,11-12H2,1H3;3-4,6,10-11,14H,2,5,7-9,12-13H2,1H3;(H,3,4)(H,5,6). The van der Waals surface area contributed by atoms with Gasteiger partial charge in [0.25, 0.3) is 0 Å². The second-order valence-electron chi connectivity index (χ2n) is 12.3. The predicted molar refractivity (Wildman–Crippen MR) is 189 cm³/mol. The van der Waals surface area contributed by atoms with Crippen LogP contribution in [0, 0.1) is 11.8 Å². The van der Waals surface area contributed by atoms with E-state index in [1.807, 2.05) is 4.90 Å². The molecule has 0 spiro atoms. The minimum absolute atomic E-state index is 0.229. The summed E-state index contributed by atoms with van der Waals surface area (Å²) in [6, 6.07) is 17.6. The normalized spacial score (nSPS) is 14.9. The maximum Gasteiger partial charge on any atom is 0.414 e. The first-order chi connectivity index (χ1) is 22.7. The molecule has 0 bridgehead atoms. The Balaban J connectivity index is 0.000000182. The number of nitrogens with zero attached hydrogens (tertiary/aromatic N) is 2. The Morgan fingerprint density at radius 2 is 1.23 bits per heavy atom. The molecule has 254 valence electrons. The van der Waals surface area contributed by atoms with E-state index in [1.54, 1.807) is 22.7 Å². The summed E-state index contributed by atoms with van der Waals surface area (Å²) in [6.45, 7) is 13.0.